The third-order valence-electron chi connectivity index (χ3n) is 5.70. The normalized spacial score (nSPS) is 22.2. The van der Waals surface area contributed by atoms with Gasteiger partial charge in [-0.1, -0.05) is 26.0 Å². The van der Waals surface area contributed by atoms with Crippen LogP contribution in [-0.2, 0) is 19.6 Å². The zero-order chi connectivity index (χ0) is 21.6. The van der Waals surface area contributed by atoms with Gasteiger partial charge in [0.05, 0.1) is 11.0 Å². The van der Waals surface area contributed by atoms with E-state index >= 15 is 0 Å². The van der Waals surface area contributed by atoms with Crippen LogP contribution < -0.4 is 0 Å². The van der Waals surface area contributed by atoms with Crippen molar-refractivity contribution in [2.75, 3.05) is 37.7 Å². The van der Waals surface area contributed by atoms with Gasteiger partial charge in [-0.2, -0.15) is 16.1 Å². The number of hydrogen-bond donors (Lipinski definition) is 0. The maximum atomic E-state index is 13.0. The molecule has 0 aromatic heterocycles. The van der Waals surface area contributed by atoms with E-state index in [1.165, 1.54) is 4.31 Å². The first kappa shape index (κ1) is 23.3. The molecule has 1 amide bonds. The molecule has 0 bridgehead atoms. The fourth-order valence-corrected chi connectivity index (χ4v) is 6.60. The molecule has 2 aliphatic rings. The molecule has 2 heterocycles. The van der Waals surface area contributed by atoms with E-state index in [1.54, 1.807) is 36.4 Å². The van der Waals surface area contributed by atoms with Crippen molar-refractivity contribution in [2.24, 2.45) is 0 Å². The molecule has 30 heavy (non-hydrogen) atoms. The topological polar surface area (TPSA) is 66.9 Å². The highest BCUT2D eigenvalue weighted by atomic mass is 32.2. The van der Waals surface area contributed by atoms with E-state index in [1.807, 2.05) is 30.5 Å². The number of rotatable bonds is 9. The van der Waals surface area contributed by atoms with Crippen molar-refractivity contribution in [2.45, 2.75) is 50.2 Å². The molecule has 2 aliphatic heterocycles. The lowest BCUT2D eigenvalue weighted by Gasteiger charge is -2.29. The molecular weight excluding hydrogens is 420 g/mol. The molecule has 2 fully saturated rings. The van der Waals surface area contributed by atoms with Crippen molar-refractivity contribution in [3.8, 4) is 0 Å². The quantitative estimate of drug-likeness (QED) is 0.538. The average molecular weight is 453 g/mol. The Labute approximate surface area is 184 Å². The number of thioether (sulfide) groups is 1. The standard InChI is InChI=1S/C22H32N2O4S2/c1-3-23(4-2)30(26,27)21-10-7-18(8-11-21)9-12-22(25)24(19-13-15-29-17-19)16-20-6-5-14-28-20/h7-12,19-20H,3-6,13-17H2,1-2H3/b12-9+. The summed E-state index contributed by atoms with van der Waals surface area (Å²) in [6.07, 6.45) is 6.60. The van der Waals surface area contributed by atoms with Crippen LogP contribution in [0.25, 0.3) is 6.08 Å². The van der Waals surface area contributed by atoms with Gasteiger partial charge in [0.25, 0.3) is 0 Å². The van der Waals surface area contributed by atoms with Crippen LogP contribution in [0.2, 0.25) is 0 Å². The van der Waals surface area contributed by atoms with E-state index in [4.69, 9.17) is 4.74 Å². The molecule has 8 heteroatoms. The smallest absolute Gasteiger partial charge is 0.246 e. The minimum atomic E-state index is -3.47. The lowest BCUT2D eigenvalue weighted by atomic mass is 10.1. The van der Waals surface area contributed by atoms with Gasteiger partial charge in [-0.3, -0.25) is 4.79 Å². The molecule has 1 aromatic rings. The number of carbonyl (C=O) groups excluding carboxylic acids is 1. The predicted molar refractivity (Wildman–Crippen MR) is 122 cm³/mol. The second-order valence-corrected chi connectivity index (χ2v) is 10.7. The van der Waals surface area contributed by atoms with Gasteiger partial charge in [0.2, 0.25) is 15.9 Å². The molecule has 0 radical (unpaired) electrons. The molecule has 6 nitrogen and oxygen atoms in total. The molecular formula is C22H32N2O4S2. The zero-order valence-electron chi connectivity index (χ0n) is 17.8. The average Bonchev–Trinajstić information content (AvgIpc) is 3.45. The zero-order valence-corrected chi connectivity index (χ0v) is 19.5. The highest BCUT2D eigenvalue weighted by Crippen LogP contribution is 2.25. The molecule has 2 unspecified atom stereocenters. The Hall–Kier alpha value is -1.35. The fourth-order valence-electron chi connectivity index (χ4n) is 3.92. The highest BCUT2D eigenvalue weighted by Gasteiger charge is 2.29. The number of ether oxygens (including phenoxy) is 1. The summed E-state index contributed by atoms with van der Waals surface area (Å²) in [7, 11) is -3.47. The second kappa shape index (κ2) is 10.8. The maximum absolute atomic E-state index is 13.0. The summed E-state index contributed by atoms with van der Waals surface area (Å²) in [5.74, 6) is 2.06. The lowest BCUT2D eigenvalue weighted by molar-refractivity contribution is -0.129. The molecule has 166 valence electrons. The summed E-state index contributed by atoms with van der Waals surface area (Å²) in [6.45, 7) is 5.97. The number of sulfonamides is 1. The first-order valence-corrected chi connectivity index (χ1v) is 13.3. The summed E-state index contributed by atoms with van der Waals surface area (Å²) >= 11 is 1.89. The van der Waals surface area contributed by atoms with Crippen LogP contribution in [0, 0.1) is 0 Å². The Bertz CT molecular complexity index is 823. The highest BCUT2D eigenvalue weighted by molar-refractivity contribution is 7.99. The maximum Gasteiger partial charge on any atom is 0.246 e. The summed E-state index contributed by atoms with van der Waals surface area (Å²) < 4.78 is 32.4. The van der Waals surface area contributed by atoms with Gasteiger partial charge >= 0.3 is 0 Å². The van der Waals surface area contributed by atoms with Gasteiger partial charge in [-0.05, 0) is 48.8 Å². The second-order valence-electron chi connectivity index (χ2n) is 7.63. The Kier molecular flexibility index (Phi) is 8.39. The Morgan fingerprint density at radius 1 is 1.20 bits per heavy atom. The van der Waals surface area contributed by atoms with Gasteiger partial charge in [-0.25, -0.2) is 8.42 Å². The predicted octanol–water partition coefficient (Wildman–Crippen LogP) is 3.24. The van der Waals surface area contributed by atoms with E-state index in [-0.39, 0.29) is 22.9 Å². The Morgan fingerprint density at radius 2 is 1.93 bits per heavy atom. The van der Waals surface area contributed by atoms with Crippen LogP contribution in [-0.4, -0.2) is 73.4 Å². The fraction of sp³-hybridized carbons (Fsp3) is 0.591. The van der Waals surface area contributed by atoms with Crippen LogP contribution in [0.5, 0.6) is 0 Å². The summed E-state index contributed by atoms with van der Waals surface area (Å²) in [5.41, 5.74) is 0.805. The SMILES string of the molecule is CCN(CC)S(=O)(=O)c1ccc(/C=C/C(=O)N(CC2CCCO2)C2CCSC2)cc1. The van der Waals surface area contributed by atoms with Crippen molar-refractivity contribution in [1.82, 2.24) is 9.21 Å². The van der Waals surface area contributed by atoms with Crippen LogP contribution >= 0.6 is 11.8 Å². The van der Waals surface area contributed by atoms with Crippen LogP contribution in [0.3, 0.4) is 0 Å². The van der Waals surface area contributed by atoms with E-state index < -0.39 is 10.0 Å². The molecule has 2 saturated heterocycles. The van der Waals surface area contributed by atoms with E-state index in [9.17, 15) is 13.2 Å². The van der Waals surface area contributed by atoms with Crippen molar-refractivity contribution in [3.05, 3.63) is 35.9 Å². The van der Waals surface area contributed by atoms with Crippen LogP contribution in [0.1, 0.15) is 38.7 Å². The first-order valence-electron chi connectivity index (χ1n) is 10.7. The number of amides is 1. The number of carbonyl (C=O) groups is 1. The van der Waals surface area contributed by atoms with Gasteiger partial charge < -0.3 is 9.64 Å². The first-order chi connectivity index (χ1) is 14.5. The molecule has 0 aliphatic carbocycles. The molecule has 0 N–H and O–H groups in total. The molecule has 2 atom stereocenters. The van der Waals surface area contributed by atoms with Crippen molar-refractivity contribution in [3.63, 3.8) is 0 Å². The lowest BCUT2D eigenvalue weighted by Crippen LogP contribution is -2.43. The van der Waals surface area contributed by atoms with Crippen molar-refractivity contribution in [1.29, 1.82) is 0 Å². The van der Waals surface area contributed by atoms with Gasteiger partial charge in [-0.15, -0.1) is 0 Å². The summed E-state index contributed by atoms with van der Waals surface area (Å²) in [4.78, 5) is 15.2. The third-order valence-corrected chi connectivity index (χ3v) is 8.90. The van der Waals surface area contributed by atoms with E-state index in [0.29, 0.717) is 19.6 Å². The Morgan fingerprint density at radius 3 is 2.50 bits per heavy atom. The number of hydrogen-bond acceptors (Lipinski definition) is 5. The largest absolute Gasteiger partial charge is 0.376 e. The van der Waals surface area contributed by atoms with Gasteiger partial charge in [0, 0.05) is 44.1 Å². The monoisotopic (exact) mass is 452 g/mol. The van der Waals surface area contributed by atoms with Crippen molar-refractivity contribution >= 4 is 33.8 Å². The minimum absolute atomic E-state index is 0.00200. The van der Waals surface area contributed by atoms with E-state index in [0.717, 1.165) is 42.9 Å². The van der Waals surface area contributed by atoms with Gasteiger partial charge in [0.1, 0.15) is 0 Å². The molecule has 0 saturated carbocycles. The minimum Gasteiger partial charge on any atom is -0.376 e. The van der Waals surface area contributed by atoms with Gasteiger partial charge in [0.15, 0.2) is 0 Å². The molecule has 3 rings (SSSR count). The Balaban J connectivity index is 1.69. The summed E-state index contributed by atoms with van der Waals surface area (Å²) in [6, 6.07) is 6.97. The van der Waals surface area contributed by atoms with Crippen molar-refractivity contribution < 1.29 is 17.9 Å². The summed E-state index contributed by atoms with van der Waals surface area (Å²) in [5, 5.41) is 0. The van der Waals surface area contributed by atoms with Crippen LogP contribution in [0.15, 0.2) is 35.2 Å². The van der Waals surface area contributed by atoms with E-state index in [2.05, 4.69) is 0 Å². The molecule has 1 aromatic carbocycles. The van der Waals surface area contributed by atoms with Crippen LogP contribution in [0.4, 0.5) is 0 Å². The molecule has 0 spiro atoms. The third kappa shape index (κ3) is 5.66. The number of nitrogens with zero attached hydrogens (tertiary/aromatic N) is 2. The number of benzene rings is 1.